The normalized spacial score (nSPS) is 13.2. The quantitative estimate of drug-likeness (QED) is 0.252. The Morgan fingerprint density at radius 1 is 1.16 bits per heavy atom. The second kappa shape index (κ2) is 12.0. The smallest absolute Gasteiger partial charge is 0.482 e. The lowest BCUT2D eigenvalue weighted by Crippen LogP contribution is -2.17. The third kappa shape index (κ3) is 6.83. The Kier molecular flexibility index (Phi) is 9.00. The van der Waals surface area contributed by atoms with E-state index in [4.69, 9.17) is 14.6 Å². The van der Waals surface area contributed by atoms with Crippen molar-refractivity contribution >= 4 is 22.8 Å². The van der Waals surface area contributed by atoms with Gasteiger partial charge in [0, 0.05) is 30.2 Å². The molecule has 0 fully saturated rings. The molecule has 38 heavy (non-hydrogen) atoms. The average Bonchev–Trinajstić information content (AvgIpc) is 3.12. The Labute approximate surface area is 217 Å². The molecule has 202 valence electrons. The van der Waals surface area contributed by atoms with E-state index in [2.05, 4.69) is 4.74 Å². The minimum atomic E-state index is -4.89. The summed E-state index contributed by atoms with van der Waals surface area (Å²) in [6.07, 6.45) is 0.0374. The Balaban J connectivity index is 2.17. The largest absolute Gasteiger partial charge is 0.573 e. The highest BCUT2D eigenvalue weighted by Crippen LogP contribution is 2.35. The van der Waals surface area contributed by atoms with E-state index in [1.807, 2.05) is 6.92 Å². The van der Waals surface area contributed by atoms with E-state index in [1.54, 1.807) is 63.5 Å². The van der Waals surface area contributed by atoms with Crippen LogP contribution in [0.1, 0.15) is 35.5 Å². The molecule has 0 amide bonds. The first-order valence-electron chi connectivity index (χ1n) is 11.7. The van der Waals surface area contributed by atoms with E-state index in [0.29, 0.717) is 39.0 Å². The molecule has 0 saturated heterocycles. The molecule has 1 heterocycles. The van der Waals surface area contributed by atoms with Crippen molar-refractivity contribution in [2.24, 2.45) is 0 Å². The Morgan fingerprint density at radius 2 is 1.87 bits per heavy atom. The second-order valence-electron chi connectivity index (χ2n) is 8.44. The van der Waals surface area contributed by atoms with E-state index in [1.165, 1.54) is 16.7 Å². The van der Waals surface area contributed by atoms with Gasteiger partial charge in [0.1, 0.15) is 11.5 Å². The number of benzene rings is 2. The van der Waals surface area contributed by atoms with Crippen molar-refractivity contribution < 1.29 is 42.1 Å². The third-order valence-electron chi connectivity index (χ3n) is 5.91. The molecule has 1 atom stereocenters. The fourth-order valence-electron chi connectivity index (χ4n) is 4.00. The first kappa shape index (κ1) is 28.5. The molecule has 1 aromatic heterocycles. The van der Waals surface area contributed by atoms with Gasteiger partial charge < -0.3 is 19.3 Å². The van der Waals surface area contributed by atoms with Crippen molar-refractivity contribution in [1.82, 2.24) is 4.57 Å². The summed E-state index contributed by atoms with van der Waals surface area (Å²) in [5, 5.41) is 9.39. The van der Waals surface area contributed by atoms with Crippen molar-refractivity contribution in [3.8, 4) is 11.5 Å². The number of aromatic nitrogens is 1. The Hall–Kier alpha value is -4.05. The molecule has 10 heteroatoms. The number of methoxy groups -OCH3 is 1. The van der Waals surface area contributed by atoms with E-state index >= 15 is 0 Å². The molecular weight excluding hydrogens is 503 g/mol. The second-order valence-corrected chi connectivity index (χ2v) is 8.44. The topological polar surface area (TPSA) is 87.0 Å². The van der Waals surface area contributed by atoms with E-state index in [-0.39, 0.29) is 18.4 Å². The van der Waals surface area contributed by atoms with Gasteiger partial charge in [0.15, 0.2) is 6.61 Å². The summed E-state index contributed by atoms with van der Waals surface area (Å²) in [5.41, 5.74) is 2.44. The number of allylic oxidation sites excluding steroid dienone is 3. The molecule has 0 aliphatic rings. The number of aliphatic carboxylic acids is 1. The third-order valence-corrected chi connectivity index (χ3v) is 5.91. The van der Waals surface area contributed by atoms with Crippen LogP contribution in [0.2, 0.25) is 0 Å². The van der Waals surface area contributed by atoms with E-state index < -0.39 is 24.7 Å². The molecule has 7 nitrogen and oxygen atoms in total. The number of ether oxygens (including phenoxy) is 3. The van der Waals surface area contributed by atoms with Crippen LogP contribution in [0.15, 0.2) is 66.3 Å². The van der Waals surface area contributed by atoms with Gasteiger partial charge in [0.2, 0.25) is 0 Å². The zero-order chi connectivity index (χ0) is 28.0. The zero-order valence-electron chi connectivity index (χ0n) is 21.3. The van der Waals surface area contributed by atoms with Gasteiger partial charge in [-0.3, -0.25) is 9.36 Å². The van der Waals surface area contributed by atoms with Crippen LogP contribution in [0.4, 0.5) is 13.2 Å². The molecule has 0 bridgehead atoms. The highest BCUT2D eigenvalue weighted by molar-refractivity contribution is 6.05. The number of halogens is 3. The molecule has 0 aliphatic heterocycles. The number of nitrogens with zero attached hydrogens (tertiary/aromatic N) is 1. The van der Waals surface area contributed by atoms with Gasteiger partial charge in [0.25, 0.3) is 5.91 Å². The molecular formula is C28H28F3NO6. The molecule has 3 rings (SSSR count). The fraction of sp³-hybridized carbons (Fsp3) is 0.286. The minimum absolute atomic E-state index is 0.162. The number of carboxylic acid groups (broad SMARTS) is 1. The average molecular weight is 532 g/mol. The number of carboxylic acids is 1. The predicted octanol–water partition coefficient (Wildman–Crippen LogP) is 6.08. The van der Waals surface area contributed by atoms with Crippen LogP contribution < -0.4 is 9.47 Å². The number of alkyl halides is 3. The van der Waals surface area contributed by atoms with Crippen molar-refractivity contribution in [2.75, 3.05) is 13.7 Å². The van der Waals surface area contributed by atoms with Gasteiger partial charge in [-0.15, -0.1) is 13.2 Å². The predicted molar refractivity (Wildman–Crippen MR) is 136 cm³/mol. The molecule has 0 aliphatic carbocycles. The summed E-state index contributed by atoms with van der Waals surface area (Å²) in [4.78, 5) is 24.7. The van der Waals surface area contributed by atoms with Crippen LogP contribution in [0.5, 0.6) is 11.5 Å². The minimum Gasteiger partial charge on any atom is -0.482 e. The molecule has 1 unspecified atom stereocenters. The van der Waals surface area contributed by atoms with E-state index in [9.17, 15) is 22.8 Å². The number of hydrogen-bond donors (Lipinski definition) is 1. The molecule has 0 saturated carbocycles. The number of hydrogen-bond acceptors (Lipinski definition) is 5. The summed E-state index contributed by atoms with van der Waals surface area (Å²) >= 11 is 0. The summed E-state index contributed by atoms with van der Waals surface area (Å²) in [6.45, 7) is 4.67. The summed E-state index contributed by atoms with van der Waals surface area (Å²) < 4.78 is 55.1. The van der Waals surface area contributed by atoms with Gasteiger partial charge >= 0.3 is 12.3 Å². The SMILES string of the molecule is C/C=C(\C=C/C(C)OC)C(=O)n1c(C)c(Cc2ccccc2OCC(=O)O)c2cc(OC(F)(F)F)ccc21. The van der Waals surface area contributed by atoms with Crippen LogP contribution in [0.25, 0.3) is 10.9 Å². The molecule has 2 aromatic carbocycles. The maximum absolute atomic E-state index is 13.6. The highest BCUT2D eigenvalue weighted by atomic mass is 19.4. The fourth-order valence-corrected chi connectivity index (χ4v) is 4.00. The summed E-state index contributed by atoms with van der Waals surface area (Å²) in [7, 11) is 1.54. The first-order chi connectivity index (χ1) is 17.9. The van der Waals surface area contributed by atoms with Gasteiger partial charge in [-0.05, 0) is 56.2 Å². The monoisotopic (exact) mass is 531 g/mol. The van der Waals surface area contributed by atoms with Crippen molar-refractivity contribution in [1.29, 1.82) is 0 Å². The number of carbonyl (C=O) groups is 2. The lowest BCUT2D eigenvalue weighted by Gasteiger charge is -2.11. The maximum atomic E-state index is 13.6. The first-order valence-corrected chi connectivity index (χ1v) is 11.7. The summed E-state index contributed by atoms with van der Waals surface area (Å²) in [6, 6.07) is 10.6. The Morgan fingerprint density at radius 3 is 2.50 bits per heavy atom. The molecule has 0 radical (unpaired) electrons. The van der Waals surface area contributed by atoms with Crippen molar-refractivity contribution in [2.45, 2.75) is 39.7 Å². The maximum Gasteiger partial charge on any atom is 0.573 e. The van der Waals surface area contributed by atoms with Gasteiger partial charge in [-0.1, -0.05) is 36.4 Å². The standard InChI is InChI=1S/C28H28F3NO6/c1-5-19(11-10-17(2)36-4)27(35)32-18(3)22(14-20-8-6-7-9-25(20)37-16-26(33)34)23-15-21(12-13-24(23)32)38-28(29,30)31/h5-13,15,17H,14,16H2,1-4H3,(H,33,34)/b11-10-,19-5+. The van der Waals surface area contributed by atoms with Crippen LogP contribution in [0, 0.1) is 6.92 Å². The van der Waals surface area contributed by atoms with Crippen LogP contribution in [-0.4, -0.2) is 47.7 Å². The van der Waals surface area contributed by atoms with E-state index in [0.717, 1.165) is 6.07 Å². The van der Waals surface area contributed by atoms with Crippen molar-refractivity contribution in [3.05, 3.63) is 83.1 Å². The van der Waals surface area contributed by atoms with Crippen LogP contribution >= 0.6 is 0 Å². The lowest BCUT2D eigenvalue weighted by atomic mass is 10.0. The van der Waals surface area contributed by atoms with Crippen LogP contribution in [0.3, 0.4) is 0 Å². The van der Waals surface area contributed by atoms with Crippen LogP contribution in [-0.2, 0) is 16.0 Å². The summed E-state index contributed by atoms with van der Waals surface area (Å²) in [5.74, 6) is -1.64. The molecule has 0 spiro atoms. The molecule has 3 aromatic rings. The lowest BCUT2D eigenvalue weighted by molar-refractivity contribution is -0.274. The van der Waals surface area contributed by atoms with Gasteiger partial charge in [-0.25, -0.2) is 4.79 Å². The number of rotatable bonds is 10. The Bertz CT molecular complexity index is 1390. The number of para-hydroxylation sites is 1. The molecule has 1 N–H and O–H groups in total. The highest BCUT2D eigenvalue weighted by Gasteiger charge is 2.31. The van der Waals surface area contributed by atoms with Gasteiger partial charge in [0.05, 0.1) is 11.6 Å². The number of carbonyl (C=O) groups excluding carboxylic acids is 1. The zero-order valence-corrected chi connectivity index (χ0v) is 21.3. The van der Waals surface area contributed by atoms with Gasteiger partial charge in [-0.2, -0.15) is 0 Å². The number of fused-ring (bicyclic) bond motifs is 1. The van der Waals surface area contributed by atoms with Crippen molar-refractivity contribution in [3.63, 3.8) is 0 Å².